The smallest absolute Gasteiger partial charge is 0.301 e. The fourth-order valence-electron chi connectivity index (χ4n) is 4.58. The predicted octanol–water partition coefficient (Wildman–Crippen LogP) is 5.56. The lowest BCUT2D eigenvalue weighted by Crippen LogP contribution is -2.29. The van der Waals surface area contributed by atoms with Gasteiger partial charge in [-0.15, -0.1) is 0 Å². The van der Waals surface area contributed by atoms with Crippen LogP contribution in [0.1, 0.15) is 28.3 Å². The standard InChI is InChI=1S/C28H24N2O5S/c1-15-13-16(2)23-21(14-15)36-28(29-23)30-24(19-7-5-6-8-20(19)35-4)22(26(32)27(30)33)25(31)17-9-11-18(34-3)12-10-17/h5-14,24,31H,1-4H3/b25-22+/t24-/m0/s1. The van der Waals surface area contributed by atoms with Crippen LogP contribution >= 0.6 is 11.3 Å². The number of amides is 1. The third kappa shape index (κ3) is 3.79. The van der Waals surface area contributed by atoms with Crippen LogP contribution in [-0.4, -0.2) is 36.0 Å². The molecular weight excluding hydrogens is 476 g/mol. The molecule has 1 N–H and O–H groups in total. The molecule has 1 saturated heterocycles. The maximum atomic E-state index is 13.5. The van der Waals surface area contributed by atoms with E-state index in [0.29, 0.717) is 27.8 Å². The quantitative estimate of drug-likeness (QED) is 0.219. The Bertz CT molecular complexity index is 1540. The molecule has 0 spiro atoms. The molecule has 3 aromatic carbocycles. The number of methoxy groups -OCH3 is 2. The van der Waals surface area contributed by atoms with Gasteiger partial charge in [-0.05, 0) is 61.4 Å². The molecule has 0 aliphatic carbocycles. The van der Waals surface area contributed by atoms with Crippen molar-refractivity contribution in [2.45, 2.75) is 19.9 Å². The highest BCUT2D eigenvalue weighted by molar-refractivity contribution is 7.22. The Hall–Kier alpha value is -4.17. The van der Waals surface area contributed by atoms with Gasteiger partial charge in [0.15, 0.2) is 5.13 Å². The molecule has 1 aromatic heterocycles. The number of carbonyl (C=O) groups is 2. The second kappa shape index (κ2) is 9.13. The van der Waals surface area contributed by atoms with Crippen LogP contribution in [0.4, 0.5) is 5.13 Å². The first-order chi connectivity index (χ1) is 17.3. The number of ketones is 1. The first-order valence-corrected chi connectivity index (χ1v) is 12.1. The molecule has 0 unspecified atom stereocenters. The van der Waals surface area contributed by atoms with E-state index in [1.54, 1.807) is 49.6 Å². The van der Waals surface area contributed by atoms with Gasteiger partial charge < -0.3 is 14.6 Å². The molecule has 8 heteroatoms. The van der Waals surface area contributed by atoms with E-state index >= 15 is 0 Å². The second-order valence-corrected chi connectivity index (χ2v) is 9.57. The summed E-state index contributed by atoms with van der Waals surface area (Å²) in [5.41, 5.74) is 3.78. The first-order valence-electron chi connectivity index (χ1n) is 11.3. The van der Waals surface area contributed by atoms with Crippen LogP contribution in [0.15, 0.2) is 66.2 Å². The number of fused-ring (bicyclic) bond motifs is 1. The van der Waals surface area contributed by atoms with E-state index in [-0.39, 0.29) is 11.3 Å². The summed E-state index contributed by atoms with van der Waals surface area (Å²) < 4.78 is 11.7. The van der Waals surface area contributed by atoms with E-state index in [9.17, 15) is 14.7 Å². The van der Waals surface area contributed by atoms with Crippen LogP contribution in [0, 0.1) is 13.8 Å². The Balaban J connectivity index is 1.75. The molecular formula is C28H24N2O5S. The number of aryl methyl sites for hydroxylation is 2. The summed E-state index contributed by atoms with van der Waals surface area (Å²) in [6, 6.07) is 16.9. The van der Waals surface area contributed by atoms with Gasteiger partial charge in [0.25, 0.3) is 5.78 Å². The van der Waals surface area contributed by atoms with Crippen molar-refractivity contribution in [3.05, 3.63) is 88.5 Å². The van der Waals surface area contributed by atoms with Gasteiger partial charge in [0, 0.05) is 11.1 Å². The van der Waals surface area contributed by atoms with Crippen LogP contribution in [0.3, 0.4) is 0 Å². The minimum Gasteiger partial charge on any atom is -0.507 e. The minimum atomic E-state index is -0.926. The summed E-state index contributed by atoms with van der Waals surface area (Å²) in [6.07, 6.45) is 0. The van der Waals surface area contributed by atoms with Gasteiger partial charge in [-0.3, -0.25) is 14.5 Å². The van der Waals surface area contributed by atoms with E-state index in [1.807, 2.05) is 32.0 Å². The number of benzene rings is 3. The number of carbonyl (C=O) groups excluding carboxylic acids is 2. The van der Waals surface area contributed by atoms with Crippen LogP contribution in [-0.2, 0) is 9.59 Å². The van der Waals surface area contributed by atoms with Crippen molar-refractivity contribution in [3.8, 4) is 11.5 Å². The average Bonchev–Trinajstić information content (AvgIpc) is 3.42. The van der Waals surface area contributed by atoms with E-state index in [0.717, 1.165) is 21.3 Å². The van der Waals surface area contributed by atoms with Crippen LogP contribution in [0.2, 0.25) is 0 Å². The predicted molar refractivity (Wildman–Crippen MR) is 140 cm³/mol. The number of para-hydroxylation sites is 1. The largest absolute Gasteiger partial charge is 0.507 e. The van der Waals surface area contributed by atoms with Gasteiger partial charge in [0.1, 0.15) is 23.3 Å². The number of hydrogen-bond acceptors (Lipinski definition) is 7. The molecule has 0 saturated carbocycles. The van der Waals surface area contributed by atoms with Crippen LogP contribution in [0.5, 0.6) is 11.5 Å². The lowest BCUT2D eigenvalue weighted by atomic mass is 9.94. The zero-order valence-electron chi connectivity index (χ0n) is 20.2. The summed E-state index contributed by atoms with van der Waals surface area (Å²) in [7, 11) is 3.07. The van der Waals surface area contributed by atoms with Gasteiger partial charge in [-0.1, -0.05) is 35.6 Å². The van der Waals surface area contributed by atoms with E-state index in [1.165, 1.54) is 23.3 Å². The molecule has 36 heavy (non-hydrogen) atoms. The maximum absolute atomic E-state index is 13.5. The molecule has 2 heterocycles. The molecule has 182 valence electrons. The summed E-state index contributed by atoms with van der Waals surface area (Å²) >= 11 is 1.34. The number of thiazole rings is 1. The number of nitrogens with zero attached hydrogens (tertiary/aromatic N) is 2. The highest BCUT2D eigenvalue weighted by Gasteiger charge is 2.49. The number of Topliss-reactive ketones (excluding diaryl/α,β-unsaturated/α-hetero) is 1. The Morgan fingerprint density at radius 3 is 2.42 bits per heavy atom. The maximum Gasteiger partial charge on any atom is 0.301 e. The van der Waals surface area contributed by atoms with Crippen molar-refractivity contribution < 1.29 is 24.2 Å². The third-order valence-electron chi connectivity index (χ3n) is 6.27. The zero-order valence-corrected chi connectivity index (χ0v) is 21.1. The van der Waals surface area contributed by atoms with E-state index in [2.05, 4.69) is 0 Å². The van der Waals surface area contributed by atoms with Crippen LogP contribution < -0.4 is 14.4 Å². The Kier molecular flexibility index (Phi) is 5.97. The number of ether oxygens (including phenoxy) is 2. The molecule has 1 amide bonds. The third-order valence-corrected chi connectivity index (χ3v) is 7.27. The topological polar surface area (TPSA) is 89.0 Å². The zero-order chi connectivity index (χ0) is 25.6. The molecule has 0 radical (unpaired) electrons. The summed E-state index contributed by atoms with van der Waals surface area (Å²) in [5, 5.41) is 11.7. The first kappa shape index (κ1) is 23.6. The van der Waals surface area contributed by atoms with Gasteiger partial charge in [-0.2, -0.15) is 0 Å². The molecule has 1 aliphatic heterocycles. The number of rotatable bonds is 5. The highest BCUT2D eigenvalue weighted by atomic mass is 32.1. The monoisotopic (exact) mass is 500 g/mol. The lowest BCUT2D eigenvalue weighted by molar-refractivity contribution is -0.132. The SMILES string of the molecule is COc1ccc(/C(O)=C2\C(=O)C(=O)N(c3nc4c(C)cc(C)cc4s3)[C@H]2c2ccccc2OC)cc1. The summed E-state index contributed by atoms with van der Waals surface area (Å²) in [4.78, 5) is 33.1. The van der Waals surface area contributed by atoms with E-state index < -0.39 is 17.7 Å². The number of aliphatic hydroxyl groups is 1. The molecule has 0 bridgehead atoms. The van der Waals surface area contributed by atoms with Crippen molar-refractivity contribution in [2.75, 3.05) is 19.1 Å². The summed E-state index contributed by atoms with van der Waals surface area (Å²) in [5.74, 6) is -0.722. The minimum absolute atomic E-state index is 0.0261. The van der Waals surface area contributed by atoms with Gasteiger partial charge in [0.2, 0.25) is 0 Å². The molecule has 1 fully saturated rings. The highest BCUT2D eigenvalue weighted by Crippen LogP contribution is 2.46. The van der Waals surface area contributed by atoms with Gasteiger partial charge >= 0.3 is 5.91 Å². The summed E-state index contributed by atoms with van der Waals surface area (Å²) in [6.45, 7) is 3.97. The number of anilines is 1. The lowest BCUT2D eigenvalue weighted by Gasteiger charge is -2.24. The van der Waals surface area contributed by atoms with E-state index in [4.69, 9.17) is 14.5 Å². The fraction of sp³-hybridized carbons (Fsp3) is 0.179. The number of hydrogen-bond donors (Lipinski definition) is 1. The van der Waals surface area contributed by atoms with Crippen molar-refractivity contribution in [1.82, 2.24) is 4.98 Å². The average molecular weight is 501 g/mol. The molecule has 7 nitrogen and oxygen atoms in total. The fourth-order valence-corrected chi connectivity index (χ4v) is 5.75. The van der Waals surface area contributed by atoms with Crippen molar-refractivity contribution in [2.24, 2.45) is 0 Å². The molecule has 1 atom stereocenters. The molecule has 5 rings (SSSR count). The Morgan fingerprint density at radius 1 is 1.00 bits per heavy atom. The number of aliphatic hydroxyl groups excluding tert-OH is 1. The Morgan fingerprint density at radius 2 is 1.72 bits per heavy atom. The van der Waals surface area contributed by atoms with Crippen LogP contribution in [0.25, 0.3) is 16.0 Å². The van der Waals surface area contributed by atoms with Crippen molar-refractivity contribution >= 4 is 44.1 Å². The normalized spacial score (nSPS) is 17.1. The van der Waals surface area contributed by atoms with Crippen molar-refractivity contribution in [3.63, 3.8) is 0 Å². The van der Waals surface area contributed by atoms with Gasteiger partial charge in [-0.25, -0.2) is 4.98 Å². The second-order valence-electron chi connectivity index (χ2n) is 8.56. The van der Waals surface area contributed by atoms with Crippen molar-refractivity contribution in [1.29, 1.82) is 0 Å². The Labute approximate surface area is 212 Å². The number of aromatic nitrogens is 1. The van der Waals surface area contributed by atoms with Gasteiger partial charge in [0.05, 0.1) is 30.0 Å². The molecule has 1 aliphatic rings. The molecule has 4 aromatic rings.